The van der Waals surface area contributed by atoms with Crippen molar-refractivity contribution in [3.8, 4) is 6.07 Å². The smallest absolute Gasteiger partial charge is 0.198 e. The Kier molecular flexibility index (Phi) is 4.30. The van der Waals surface area contributed by atoms with Crippen LogP contribution in [0.25, 0.3) is 0 Å². The highest BCUT2D eigenvalue weighted by atomic mass is 35.7. The van der Waals surface area contributed by atoms with Crippen molar-refractivity contribution < 1.29 is 0 Å². The standard InChI is InChI=1S/C9H8Cl2NSi/c10-13(11)9-6-2-1-4-8(9)5-3-7-12/h1-2,4,6H,3,5H2. The number of rotatable bonds is 3. The predicted molar refractivity (Wildman–Crippen MR) is 57.5 cm³/mol. The SMILES string of the molecule is N#CCCc1ccccc1[Si](Cl)Cl. The lowest BCUT2D eigenvalue weighted by Gasteiger charge is -2.05. The molecule has 0 saturated heterocycles. The zero-order chi connectivity index (χ0) is 9.68. The Balaban J connectivity index is 2.86. The molecule has 1 aromatic carbocycles. The second-order valence-corrected chi connectivity index (χ2v) is 6.48. The van der Waals surface area contributed by atoms with E-state index in [4.69, 9.17) is 27.4 Å². The van der Waals surface area contributed by atoms with Crippen LogP contribution in [0.4, 0.5) is 0 Å². The van der Waals surface area contributed by atoms with Crippen LogP contribution in [-0.4, -0.2) is 7.42 Å². The average Bonchev–Trinajstić information content (AvgIpc) is 2.15. The molecule has 0 heterocycles. The summed E-state index contributed by atoms with van der Waals surface area (Å²) in [7, 11) is -1.44. The van der Waals surface area contributed by atoms with Crippen LogP contribution in [0.15, 0.2) is 24.3 Å². The maximum absolute atomic E-state index is 8.45. The van der Waals surface area contributed by atoms with Gasteiger partial charge < -0.3 is 0 Å². The van der Waals surface area contributed by atoms with Gasteiger partial charge in [-0.3, -0.25) is 0 Å². The second-order valence-electron chi connectivity index (χ2n) is 2.58. The van der Waals surface area contributed by atoms with Gasteiger partial charge >= 0.3 is 7.42 Å². The van der Waals surface area contributed by atoms with Crippen molar-refractivity contribution in [1.82, 2.24) is 0 Å². The van der Waals surface area contributed by atoms with Crippen LogP contribution in [0.1, 0.15) is 12.0 Å². The first-order valence-electron chi connectivity index (χ1n) is 3.89. The van der Waals surface area contributed by atoms with Gasteiger partial charge in [0.25, 0.3) is 0 Å². The molecule has 1 nitrogen and oxygen atoms in total. The van der Waals surface area contributed by atoms with Crippen molar-refractivity contribution in [3.63, 3.8) is 0 Å². The quantitative estimate of drug-likeness (QED) is 0.576. The number of hydrogen-bond acceptors (Lipinski definition) is 1. The molecule has 13 heavy (non-hydrogen) atoms. The van der Waals surface area contributed by atoms with Gasteiger partial charge in [-0.1, -0.05) is 24.3 Å². The van der Waals surface area contributed by atoms with E-state index in [0.717, 1.165) is 17.2 Å². The van der Waals surface area contributed by atoms with Crippen LogP contribution in [0, 0.1) is 11.3 Å². The minimum Gasteiger partial charge on any atom is -0.198 e. The Labute approximate surface area is 88.9 Å². The Hall–Kier alpha value is -0.493. The number of benzene rings is 1. The summed E-state index contributed by atoms with van der Waals surface area (Å²) < 4.78 is 0. The summed E-state index contributed by atoms with van der Waals surface area (Å²) in [6.45, 7) is 0. The lowest BCUT2D eigenvalue weighted by Crippen LogP contribution is -2.22. The second kappa shape index (κ2) is 5.28. The van der Waals surface area contributed by atoms with Crippen molar-refractivity contribution in [3.05, 3.63) is 29.8 Å². The van der Waals surface area contributed by atoms with E-state index in [1.54, 1.807) is 0 Å². The fourth-order valence-corrected chi connectivity index (χ4v) is 2.89. The van der Waals surface area contributed by atoms with E-state index in [0.29, 0.717) is 6.42 Å². The molecule has 0 amide bonds. The molecular weight excluding hydrogens is 221 g/mol. The molecule has 0 saturated carbocycles. The lowest BCUT2D eigenvalue weighted by molar-refractivity contribution is 1.02. The molecule has 0 aliphatic rings. The molecule has 1 rings (SSSR count). The molecule has 0 aliphatic carbocycles. The predicted octanol–water partition coefficient (Wildman–Crippen LogP) is 2.32. The van der Waals surface area contributed by atoms with Crippen LogP contribution in [0.3, 0.4) is 0 Å². The highest BCUT2D eigenvalue weighted by molar-refractivity contribution is 7.39. The zero-order valence-corrected chi connectivity index (χ0v) is 9.44. The first-order valence-corrected chi connectivity index (χ1v) is 7.41. The summed E-state index contributed by atoms with van der Waals surface area (Å²) in [6.07, 6.45) is 1.25. The van der Waals surface area contributed by atoms with Gasteiger partial charge in [-0.2, -0.15) is 5.26 Å². The number of halogens is 2. The molecule has 0 atom stereocenters. The van der Waals surface area contributed by atoms with E-state index in [9.17, 15) is 0 Å². The van der Waals surface area contributed by atoms with E-state index in [2.05, 4.69) is 6.07 Å². The van der Waals surface area contributed by atoms with E-state index in [-0.39, 0.29) is 0 Å². The normalized spacial score (nSPS) is 10.0. The third-order valence-corrected chi connectivity index (χ3v) is 3.84. The average molecular weight is 229 g/mol. The fourth-order valence-electron chi connectivity index (χ4n) is 1.11. The number of nitrogens with zero attached hydrogens (tertiary/aromatic N) is 1. The monoisotopic (exact) mass is 228 g/mol. The van der Waals surface area contributed by atoms with Crippen LogP contribution < -0.4 is 5.19 Å². The molecule has 1 radical (unpaired) electrons. The van der Waals surface area contributed by atoms with Gasteiger partial charge in [-0.25, -0.2) is 0 Å². The van der Waals surface area contributed by atoms with Crippen LogP contribution in [-0.2, 0) is 6.42 Å². The van der Waals surface area contributed by atoms with Gasteiger partial charge in [-0.05, 0) is 17.2 Å². The van der Waals surface area contributed by atoms with Gasteiger partial charge in [0, 0.05) is 6.42 Å². The van der Waals surface area contributed by atoms with E-state index < -0.39 is 7.42 Å². The van der Waals surface area contributed by atoms with Crippen molar-refractivity contribution in [2.75, 3.05) is 0 Å². The highest BCUT2D eigenvalue weighted by Gasteiger charge is 2.11. The molecule has 0 N–H and O–H groups in total. The molecule has 0 fully saturated rings. The summed E-state index contributed by atoms with van der Waals surface area (Å²) in [5.41, 5.74) is 1.10. The number of nitriles is 1. The maximum Gasteiger partial charge on any atom is 0.307 e. The van der Waals surface area contributed by atoms with Gasteiger partial charge in [0.05, 0.1) is 6.07 Å². The van der Waals surface area contributed by atoms with Gasteiger partial charge in [0.15, 0.2) is 0 Å². The first kappa shape index (κ1) is 10.6. The Morgan fingerprint density at radius 1 is 1.31 bits per heavy atom. The molecule has 0 bridgehead atoms. The van der Waals surface area contributed by atoms with Crippen LogP contribution >= 0.6 is 22.2 Å². The highest BCUT2D eigenvalue weighted by Crippen LogP contribution is 2.05. The molecule has 67 valence electrons. The fraction of sp³-hybridized carbons (Fsp3) is 0.222. The van der Waals surface area contributed by atoms with Gasteiger partial charge in [-0.15, -0.1) is 22.2 Å². The van der Waals surface area contributed by atoms with Crippen molar-refractivity contribution >= 4 is 34.8 Å². The Bertz CT molecular complexity index is 320. The summed E-state index contributed by atoms with van der Waals surface area (Å²) >= 11 is 11.7. The van der Waals surface area contributed by atoms with E-state index in [1.807, 2.05) is 24.3 Å². The first-order chi connectivity index (χ1) is 6.25. The van der Waals surface area contributed by atoms with E-state index in [1.165, 1.54) is 0 Å². The summed E-state index contributed by atoms with van der Waals surface area (Å²) in [6, 6.07) is 9.87. The molecule has 0 aliphatic heterocycles. The van der Waals surface area contributed by atoms with E-state index >= 15 is 0 Å². The molecule has 4 heteroatoms. The van der Waals surface area contributed by atoms with Crippen LogP contribution in [0.2, 0.25) is 0 Å². The third kappa shape index (κ3) is 3.04. The molecular formula is C9H8Cl2NSi. The van der Waals surface area contributed by atoms with Crippen molar-refractivity contribution in [2.24, 2.45) is 0 Å². The lowest BCUT2D eigenvalue weighted by atomic mass is 10.1. The van der Waals surface area contributed by atoms with Crippen molar-refractivity contribution in [2.45, 2.75) is 12.8 Å². The largest absolute Gasteiger partial charge is 0.307 e. The van der Waals surface area contributed by atoms with Crippen LogP contribution in [0.5, 0.6) is 0 Å². The molecule has 0 spiro atoms. The summed E-state index contributed by atoms with van der Waals surface area (Å²) in [4.78, 5) is 0. The zero-order valence-electron chi connectivity index (χ0n) is 6.93. The minimum atomic E-state index is -1.44. The molecule has 0 aromatic heterocycles. The maximum atomic E-state index is 8.45. The van der Waals surface area contributed by atoms with Gasteiger partial charge in [0.2, 0.25) is 0 Å². The van der Waals surface area contributed by atoms with Gasteiger partial charge in [0.1, 0.15) is 0 Å². The summed E-state index contributed by atoms with van der Waals surface area (Å²) in [5.74, 6) is 0. The molecule has 0 unspecified atom stereocenters. The third-order valence-electron chi connectivity index (χ3n) is 1.73. The number of hydrogen-bond donors (Lipinski definition) is 0. The summed E-state index contributed by atoms with van der Waals surface area (Å²) in [5, 5.41) is 9.46. The number of aryl methyl sites for hydroxylation is 1. The topological polar surface area (TPSA) is 23.8 Å². The molecule has 1 aromatic rings. The minimum absolute atomic E-state index is 0.514. The van der Waals surface area contributed by atoms with Crippen molar-refractivity contribution in [1.29, 1.82) is 5.26 Å². The Morgan fingerprint density at radius 3 is 2.62 bits per heavy atom. The Morgan fingerprint density at radius 2 is 2.00 bits per heavy atom.